The molecule has 1 atom stereocenters. The van der Waals surface area contributed by atoms with Crippen molar-refractivity contribution in [2.45, 2.75) is 106 Å². The molecule has 0 aliphatic carbocycles. The first kappa shape index (κ1) is 22.4. The van der Waals surface area contributed by atoms with E-state index < -0.39 is 0 Å². The highest BCUT2D eigenvalue weighted by Crippen LogP contribution is 2.27. The van der Waals surface area contributed by atoms with E-state index in [0.717, 1.165) is 32.3 Å². The van der Waals surface area contributed by atoms with Crippen molar-refractivity contribution in [2.75, 3.05) is 6.61 Å². The van der Waals surface area contributed by atoms with Crippen LogP contribution < -0.4 is 5.32 Å². The van der Waals surface area contributed by atoms with Gasteiger partial charge in [-0.05, 0) is 50.9 Å². The maximum absolute atomic E-state index is 12.2. The van der Waals surface area contributed by atoms with E-state index in [2.05, 4.69) is 67.6 Å². The summed E-state index contributed by atoms with van der Waals surface area (Å²) in [6.45, 7) is 20.4. The average molecular weight is 328 g/mol. The molecule has 0 aromatic rings. The molecule has 3 nitrogen and oxygen atoms in total. The number of hydrogen-bond acceptors (Lipinski definition) is 2. The molecule has 0 rings (SSSR count). The molecule has 0 aliphatic heterocycles. The Balaban J connectivity index is 4.05. The van der Waals surface area contributed by atoms with Crippen molar-refractivity contribution in [2.24, 2.45) is 10.8 Å². The van der Waals surface area contributed by atoms with Gasteiger partial charge in [0.25, 0.3) is 0 Å². The molecule has 0 fully saturated rings. The molecule has 0 spiro atoms. The lowest BCUT2D eigenvalue weighted by Crippen LogP contribution is -2.45. The Morgan fingerprint density at radius 2 is 1.65 bits per heavy atom. The van der Waals surface area contributed by atoms with Gasteiger partial charge in [0.1, 0.15) is 0 Å². The summed E-state index contributed by atoms with van der Waals surface area (Å²) in [7, 11) is 0. The van der Waals surface area contributed by atoms with Crippen molar-refractivity contribution >= 4 is 5.91 Å². The third-order valence-electron chi connectivity index (χ3n) is 4.37. The van der Waals surface area contributed by atoms with Crippen LogP contribution in [0.2, 0.25) is 0 Å². The highest BCUT2D eigenvalue weighted by Gasteiger charge is 2.27. The lowest BCUT2D eigenvalue weighted by atomic mass is 9.81. The largest absolute Gasteiger partial charge is 0.378 e. The predicted octanol–water partition coefficient (Wildman–Crippen LogP) is 5.33. The van der Waals surface area contributed by atoms with E-state index in [1.165, 1.54) is 0 Å². The van der Waals surface area contributed by atoms with Gasteiger partial charge in [-0.3, -0.25) is 4.79 Å². The van der Waals surface area contributed by atoms with Crippen LogP contribution in [0.15, 0.2) is 0 Å². The van der Waals surface area contributed by atoms with Gasteiger partial charge in [-0.25, -0.2) is 0 Å². The van der Waals surface area contributed by atoms with Crippen LogP contribution in [0.1, 0.15) is 94.4 Å². The summed E-state index contributed by atoms with van der Waals surface area (Å²) in [5.74, 6) is 0.128. The molecule has 1 N–H and O–H groups in total. The van der Waals surface area contributed by atoms with Crippen molar-refractivity contribution in [3.05, 3.63) is 0 Å². The molecule has 1 amide bonds. The first-order valence-corrected chi connectivity index (χ1v) is 9.19. The monoisotopic (exact) mass is 327 g/mol. The molecule has 0 heterocycles. The van der Waals surface area contributed by atoms with Gasteiger partial charge in [-0.15, -0.1) is 0 Å². The first-order chi connectivity index (χ1) is 10.3. The molecule has 1 unspecified atom stereocenters. The lowest BCUT2D eigenvalue weighted by molar-refractivity contribution is -0.123. The minimum Gasteiger partial charge on any atom is -0.378 e. The summed E-state index contributed by atoms with van der Waals surface area (Å²) in [5.41, 5.74) is 0.387. The molecule has 0 bridgehead atoms. The molecule has 0 saturated heterocycles. The summed E-state index contributed by atoms with van der Waals surface area (Å²) in [5, 5.41) is 3.16. The standard InChI is InChI=1S/C20H41NO2/c1-10-19(6,7)13-14-23-16(2)11-12-17(22)21-20(8,9)15-18(3,4)5/h16H,10-15H2,1-9H3,(H,21,22). The van der Waals surface area contributed by atoms with Gasteiger partial charge in [0.2, 0.25) is 5.91 Å². The number of carbonyl (C=O) groups excluding carboxylic acids is 1. The van der Waals surface area contributed by atoms with Crippen molar-refractivity contribution in [3.8, 4) is 0 Å². The Hall–Kier alpha value is -0.570. The fraction of sp³-hybridized carbons (Fsp3) is 0.950. The van der Waals surface area contributed by atoms with Crippen molar-refractivity contribution in [1.29, 1.82) is 0 Å². The maximum Gasteiger partial charge on any atom is 0.220 e. The molecular formula is C20H41NO2. The normalized spacial score (nSPS) is 14.7. The molecule has 138 valence electrons. The van der Waals surface area contributed by atoms with E-state index in [4.69, 9.17) is 4.74 Å². The Morgan fingerprint density at radius 1 is 1.09 bits per heavy atom. The Bertz CT molecular complexity index is 353. The molecule has 0 aromatic carbocycles. The van der Waals surface area contributed by atoms with Crippen LogP contribution in [0, 0.1) is 10.8 Å². The van der Waals surface area contributed by atoms with Crippen LogP contribution in [0.5, 0.6) is 0 Å². The highest BCUT2D eigenvalue weighted by molar-refractivity contribution is 5.76. The average Bonchev–Trinajstić information content (AvgIpc) is 2.32. The number of rotatable bonds is 10. The summed E-state index contributed by atoms with van der Waals surface area (Å²) >= 11 is 0. The van der Waals surface area contributed by atoms with E-state index in [1.807, 2.05) is 0 Å². The molecule has 0 aliphatic rings. The highest BCUT2D eigenvalue weighted by atomic mass is 16.5. The quantitative estimate of drug-likeness (QED) is 0.589. The van der Waals surface area contributed by atoms with Gasteiger partial charge in [0.05, 0.1) is 6.10 Å². The zero-order valence-electron chi connectivity index (χ0n) is 17.1. The molecule has 0 aromatic heterocycles. The van der Waals surface area contributed by atoms with Crippen molar-refractivity contribution in [1.82, 2.24) is 5.32 Å². The Kier molecular flexibility index (Phi) is 8.83. The van der Waals surface area contributed by atoms with Gasteiger partial charge in [0, 0.05) is 18.6 Å². The zero-order chi connectivity index (χ0) is 18.3. The topological polar surface area (TPSA) is 38.3 Å². The van der Waals surface area contributed by atoms with Gasteiger partial charge >= 0.3 is 0 Å². The third kappa shape index (κ3) is 12.5. The molecule has 0 radical (unpaired) electrons. The van der Waals surface area contributed by atoms with Gasteiger partial charge in [0.15, 0.2) is 0 Å². The van der Waals surface area contributed by atoms with Crippen LogP contribution in [0.4, 0.5) is 0 Å². The van der Waals surface area contributed by atoms with Crippen molar-refractivity contribution < 1.29 is 9.53 Å². The third-order valence-corrected chi connectivity index (χ3v) is 4.37. The molecule has 23 heavy (non-hydrogen) atoms. The van der Waals surface area contributed by atoms with Crippen LogP contribution >= 0.6 is 0 Å². The second-order valence-electron chi connectivity index (χ2n) is 9.66. The smallest absolute Gasteiger partial charge is 0.220 e. The van der Waals surface area contributed by atoms with Gasteiger partial charge in [-0.1, -0.05) is 48.0 Å². The van der Waals surface area contributed by atoms with E-state index in [9.17, 15) is 4.79 Å². The summed E-state index contributed by atoms with van der Waals surface area (Å²) in [4.78, 5) is 12.2. The summed E-state index contributed by atoms with van der Waals surface area (Å²) < 4.78 is 5.86. The Labute approximate surface area is 144 Å². The molecule has 3 heteroatoms. The second-order valence-corrected chi connectivity index (χ2v) is 9.66. The van der Waals surface area contributed by atoms with Crippen LogP contribution in [-0.4, -0.2) is 24.2 Å². The number of carbonyl (C=O) groups is 1. The van der Waals surface area contributed by atoms with Crippen LogP contribution in [0.3, 0.4) is 0 Å². The number of nitrogens with one attached hydrogen (secondary N) is 1. The number of hydrogen-bond donors (Lipinski definition) is 1. The van der Waals surface area contributed by atoms with Crippen LogP contribution in [-0.2, 0) is 9.53 Å². The fourth-order valence-electron chi connectivity index (χ4n) is 2.94. The minimum absolute atomic E-state index is 0.128. The lowest BCUT2D eigenvalue weighted by Gasteiger charge is -2.33. The van der Waals surface area contributed by atoms with E-state index >= 15 is 0 Å². The number of amides is 1. The Morgan fingerprint density at radius 3 is 2.13 bits per heavy atom. The maximum atomic E-state index is 12.2. The first-order valence-electron chi connectivity index (χ1n) is 9.19. The molecular weight excluding hydrogens is 286 g/mol. The SMILES string of the molecule is CCC(C)(C)CCOC(C)CCC(=O)NC(C)(C)CC(C)(C)C. The predicted molar refractivity (Wildman–Crippen MR) is 99.6 cm³/mol. The van der Waals surface area contributed by atoms with Gasteiger partial charge < -0.3 is 10.1 Å². The van der Waals surface area contributed by atoms with E-state index in [0.29, 0.717) is 11.8 Å². The summed E-state index contributed by atoms with van der Waals surface area (Å²) in [6, 6.07) is 0. The van der Waals surface area contributed by atoms with Crippen LogP contribution in [0.25, 0.3) is 0 Å². The summed E-state index contributed by atoms with van der Waals surface area (Å²) in [6.07, 6.45) is 4.65. The minimum atomic E-state index is -0.162. The van der Waals surface area contributed by atoms with Gasteiger partial charge in [-0.2, -0.15) is 0 Å². The number of ether oxygens (including phenoxy) is 1. The molecule has 0 saturated carbocycles. The second kappa shape index (κ2) is 9.05. The van der Waals surface area contributed by atoms with Crippen molar-refractivity contribution in [3.63, 3.8) is 0 Å². The van der Waals surface area contributed by atoms with E-state index in [-0.39, 0.29) is 23.0 Å². The van der Waals surface area contributed by atoms with E-state index in [1.54, 1.807) is 0 Å². The zero-order valence-corrected chi connectivity index (χ0v) is 17.1. The fourth-order valence-corrected chi connectivity index (χ4v) is 2.94.